The van der Waals surface area contributed by atoms with E-state index in [1.807, 2.05) is 36.9 Å². The summed E-state index contributed by atoms with van der Waals surface area (Å²) in [5.74, 6) is 0. The first-order valence-electron chi connectivity index (χ1n) is 25.2. The summed E-state index contributed by atoms with van der Waals surface area (Å²) in [6.07, 6.45) is 10.4. The van der Waals surface area contributed by atoms with Crippen molar-refractivity contribution in [1.29, 1.82) is 10.5 Å². The van der Waals surface area contributed by atoms with Crippen LogP contribution in [-0.4, -0.2) is 9.97 Å². The number of hydrogen-bond acceptors (Lipinski definition) is 8. The van der Waals surface area contributed by atoms with E-state index in [2.05, 4.69) is 207 Å². The van der Waals surface area contributed by atoms with Crippen LogP contribution in [0.2, 0.25) is 0 Å². The highest BCUT2D eigenvalue weighted by atomic mass is 15.3. The third-order valence-corrected chi connectivity index (χ3v) is 16.3. The highest BCUT2D eigenvalue weighted by Gasteiger charge is 2.58. The van der Waals surface area contributed by atoms with Crippen molar-refractivity contribution in [3.63, 3.8) is 0 Å². The van der Waals surface area contributed by atoms with Crippen molar-refractivity contribution >= 4 is 68.2 Å². The number of anilines is 12. The summed E-state index contributed by atoms with van der Waals surface area (Å²) >= 11 is 0. The average Bonchev–Trinajstić information content (AvgIpc) is 3.88. The van der Waals surface area contributed by atoms with Gasteiger partial charge in [0.25, 0.3) is 0 Å². The van der Waals surface area contributed by atoms with Crippen molar-refractivity contribution in [3.8, 4) is 34.4 Å². The summed E-state index contributed by atoms with van der Waals surface area (Å²) in [6.45, 7) is 13.4. The Morgan fingerprint density at radius 2 is 0.767 bits per heavy atom. The van der Waals surface area contributed by atoms with Crippen LogP contribution in [0, 0.1) is 50.4 Å². The second-order valence-corrected chi connectivity index (χ2v) is 20.9. The zero-order valence-electron chi connectivity index (χ0n) is 41.9. The smallest absolute Gasteiger partial charge is 0.103 e. The van der Waals surface area contributed by atoms with Gasteiger partial charge in [-0.1, -0.05) is 123 Å². The van der Waals surface area contributed by atoms with Crippen LogP contribution in [0.3, 0.4) is 0 Å². The molecule has 2 atom stereocenters. The van der Waals surface area contributed by atoms with Crippen molar-refractivity contribution in [2.24, 2.45) is 0 Å². The first kappa shape index (κ1) is 44.0. The molecule has 2 aliphatic carbocycles. The standard InChI is InChI=1S/C65H52N8/c1-40-15-13-16-41(2)60(40)72-54-33-46(44-19-9-7-10-20-44)23-25-50(54)70(52-27-31-68-37-56(52)72)62-48(35-66)49(36-67)63(59-58(62)64(5)29-30-65(59,6)39-64)71-51-26-24-47(45-21-11-8-12-22-45)34-55(51)73(57-38-69-32-28-53(57)71)61-42(3)17-14-18-43(61)4/h7-28,31-34,37-38H,29-30,39H2,1-6H3. The molecule has 1 saturated carbocycles. The summed E-state index contributed by atoms with van der Waals surface area (Å²) in [4.78, 5) is 18.9. The average molecular weight is 945 g/mol. The lowest BCUT2D eigenvalue weighted by molar-refractivity contribution is 0.484. The maximum Gasteiger partial charge on any atom is 0.103 e. The summed E-state index contributed by atoms with van der Waals surface area (Å²) in [7, 11) is 0. The van der Waals surface area contributed by atoms with E-state index in [0.29, 0.717) is 11.1 Å². The second-order valence-electron chi connectivity index (χ2n) is 20.9. The summed E-state index contributed by atoms with van der Waals surface area (Å²) in [5, 5.41) is 24.1. The Hall–Kier alpha value is -8.98. The minimum atomic E-state index is -0.323. The van der Waals surface area contributed by atoms with E-state index in [4.69, 9.17) is 9.97 Å². The molecule has 4 heterocycles. The van der Waals surface area contributed by atoms with Crippen LogP contribution in [0.5, 0.6) is 0 Å². The van der Waals surface area contributed by atoms with E-state index in [1.54, 1.807) is 0 Å². The monoisotopic (exact) mass is 944 g/mol. The lowest BCUT2D eigenvalue weighted by Crippen LogP contribution is -2.32. The minimum Gasteiger partial charge on any atom is -0.304 e. The number of nitriles is 2. The summed E-state index contributed by atoms with van der Waals surface area (Å²) in [6, 6.07) is 56.9. The van der Waals surface area contributed by atoms with Gasteiger partial charge in [0.1, 0.15) is 12.1 Å². The van der Waals surface area contributed by atoms with E-state index < -0.39 is 0 Å². The van der Waals surface area contributed by atoms with Gasteiger partial charge < -0.3 is 19.6 Å². The fourth-order valence-corrected chi connectivity index (χ4v) is 13.3. The Bertz CT molecular complexity index is 3580. The Balaban J connectivity index is 1.13. The molecule has 9 aromatic rings. The normalized spacial score (nSPS) is 17.8. The number of nitrogens with zero attached hydrogens (tertiary/aromatic N) is 8. The van der Waals surface area contributed by atoms with Crippen LogP contribution in [-0.2, 0) is 10.8 Å². The molecule has 352 valence electrons. The van der Waals surface area contributed by atoms with Crippen LogP contribution in [0.4, 0.5) is 68.2 Å². The third-order valence-electron chi connectivity index (χ3n) is 16.3. The van der Waals surface area contributed by atoms with E-state index in [9.17, 15) is 10.5 Å². The molecule has 0 saturated heterocycles. The number of fused-ring (bicyclic) bond motifs is 9. The van der Waals surface area contributed by atoms with Crippen molar-refractivity contribution in [2.75, 3.05) is 19.6 Å². The van der Waals surface area contributed by atoms with Gasteiger partial charge in [-0.05, 0) is 150 Å². The molecule has 2 aromatic heterocycles. The molecule has 0 radical (unpaired) electrons. The zero-order valence-corrected chi connectivity index (χ0v) is 41.9. The van der Waals surface area contributed by atoms with Gasteiger partial charge in [-0.2, -0.15) is 10.5 Å². The largest absolute Gasteiger partial charge is 0.304 e. The van der Waals surface area contributed by atoms with E-state index in [1.165, 1.54) is 0 Å². The Kier molecular flexibility index (Phi) is 9.81. The minimum absolute atomic E-state index is 0.323. The van der Waals surface area contributed by atoms with Crippen molar-refractivity contribution in [1.82, 2.24) is 9.97 Å². The summed E-state index contributed by atoms with van der Waals surface area (Å²) < 4.78 is 0. The number of aryl methyl sites for hydroxylation is 4. The quantitative estimate of drug-likeness (QED) is 0.163. The SMILES string of the molecule is Cc1cccc(C)c1N1c2cnccc2N(c2c(C#N)c(C#N)c(N3c4ccncc4N(c4c(C)cccc4C)c4cc(-c5ccccc5)ccc43)c3c2C2(C)CCC3(C)C2)c2ccc(-c3ccccc3)cc21. The van der Waals surface area contributed by atoms with Gasteiger partial charge in [-0.3, -0.25) is 9.97 Å². The van der Waals surface area contributed by atoms with Gasteiger partial charge in [0, 0.05) is 12.4 Å². The molecule has 13 rings (SSSR count). The molecule has 1 fully saturated rings. The molecule has 0 N–H and O–H groups in total. The van der Waals surface area contributed by atoms with E-state index in [-0.39, 0.29) is 10.8 Å². The maximum atomic E-state index is 12.0. The molecular formula is C65H52N8. The molecule has 0 spiro atoms. The van der Waals surface area contributed by atoms with Crippen LogP contribution in [0.1, 0.15) is 77.6 Å². The number of pyridine rings is 2. The maximum absolute atomic E-state index is 12.0. The molecule has 2 aliphatic heterocycles. The molecule has 4 aliphatic rings. The van der Waals surface area contributed by atoms with E-state index >= 15 is 0 Å². The number of aromatic nitrogens is 2. The Labute approximate surface area is 427 Å². The lowest BCUT2D eigenvalue weighted by Gasteiger charge is -2.46. The predicted octanol–water partition coefficient (Wildman–Crippen LogP) is 17.0. The Morgan fingerprint density at radius 1 is 0.397 bits per heavy atom. The molecule has 8 heteroatoms. The molecular weight excluding hydrogens is 893 g/mol. The van der Waals surface area contributed by atoms with Crippen LogP contribution in [0.25, 0.3) is 22.3 Å². The van der Waals surface area contributed by atoms with Crippen LogP contribution in [0.15, 0.2) is 170 Å². The van der Waals surface area contributed by atoms with Crippen molar-refractivity contribution in [2.45, 2.75) is 71.6 Å². The predicted molar refractivity (Wildman–Crippen MR) is 296 cm³/mol. The molecule has 8 nitrogen and oxygen atoms in total. The fraction of sp³-hybridized carbons (Fsp3) is 0.169. The van der Waals surface area contributed by atoms with Gasteiger partial charge >= 0.3 is 0 Å². The highest BCUT2D eigenvalue weighted by molar-refractivity contribution is 6.09. The Morgan fingerprint density at radius 3 is 1.15 bits per heavy atom. The number of benzene rings is 7. The third kappa shape index (κ3) is 6.36. The topological polar surface area (TPSA) is 86.3 Å². The first-order chi connectivity index (χ1) is 35.5. The zero-order chi connectivity index (χ0) is 49.9. The molecule has 73 heavy (non-hydrogen) atoms. The lowest BCUT2D eigenvalue weighted by atomic mass is 9.73. The van der Waals surface area contributed by atoms with Gasteiger partial charge in [0.05, 0.1) is 91.8 Å². The number of para-hydroxylation sites is 2. The first-order valence-corrected chi connectivity index (χ1v) is 25.2. The molecule has 0 amide bonds. The van der Waals surface area contributed by atoms with Gasteiger partial charge in [0.15, 0.2) is 0 Å². The van der Waals surface area contributed by atoms with Crippen molar-refractivity contribution in [3.05, 3.63) is 215 Å². The van der Waals surface area contributed by atoms with Gasteiger partial charge in [-0.15, -0.1) is 0 Å². The van der Waals surface area contributed by atoms with Crippen LogP contribution < -0.4 is 19.6 Å². The highest BCUT2D eigenvalue weighted by Crippen LogP contribution is 2.70. The van der Waals surface area contributed by atoms with Crippen LogP contribution >= 0.6 is 0 Å². The fourth-order valence-electron chi connectivity index (χ4n) is 13.3. The van der Waals surface area contributed by atoms with Gasteiger partial charge in [-0.25, -0.2) is 0 Å². The molecule has 2 bridgehead atoms. The molecule has 7 aromatic carbocycles. The molecule has 2 unspecified atom stereocenters. The van der Waals surface area contributed by atoms with E-state index in [0.717, 1.165) is 143 Å². The second kappa shape index (κ2) is 16.3. The number of hydrogen-bond donors (Lipinski definition) is 0. The number of rotatable bonds is 6. The van der Waals surface area contributed by atoms with Crippen molar-refractivity contribution < 1.29 is 0 Å². The van der Waals surface area contributed by atoms with Gasteiger partial charge in [0.2, 0.25) is 0 Å². The summed E-state index contributed by atoms with van der Waals surface area (Å²) in [5.41, 5.74) is 22.3.